The Morgan fingerprint density at radius 3 is 2.48 bits per heavy atom. The molecule has 2 rings (SSSR count). The molecule has 2 N–H and O–H groups in total. The van der Waals surface area contributed by atoms with Crippen molar-refractivity contribution in [1.82, 2.24) is 5.32 Å². The Labute approximate surface area is 194 Å². The van der Waals surface area contributed by atoms with Crippen molar-refractivity contribution in [1.29, 1.82) is 0 Å². The van der Waals surface area contributed by atoms with E-state index in [1.54, 1.807) is 12.1 Å². The molecule has 1 fully saturated rings. The van der Waals surface area contributed by atoms with Crippen LogP contribution in [0.5, 0.6) is 0 Å². The summed E-state index contributed by atoms with van der Waals surface area (Å²) in [6, 6.07) is 5.52. The molecule has 1 aliphatic heterocycles. The van der Waals surface area contributed by atoms with Crippen molar-refractivity contribution >= 4 is 23.7 Å². The minimum absolute atomic E-state index is 0.00499. The van der Waals surface area contributed by atoms with Crippen molar-refractivity contribution in [3.05, 3.63) is 55.1 Å². The Hall–Kier alpha value is -3.17. The number of anilines is 1. The van der Waals surface area contributed by atoms with E-state index in [0.717, 1.165) is 31.4 Å². The van der Waals surface area contributed by atoms with Gasteiger partial charge in [0.1, 0.15) is 19.3 Å². The summed E-state index contributed by atoms with van der Waals surface area (Å²) in [5.74, 6) is -1.17. The second-order valence-electron chi connectivity index (χ2n) is 7.38. The summed E-state index contributed by atoms with van der Waals surface area (Å²) in [4.78, 5) is 36.4. The molecule has 9 heteroatoms. The largest absolute Gasteiger partial charge is 0.461 e. The van der Waals surface area contributed by atoms with E-state index in [0.29, 0.717) is 12.3 Å². The number of amides is 2. The first-order chi connectivity index (χ1) is 16.0. The van der Waals surface area contributed by atoms with Crippen molar-refractivity contribution in [2.45, 2.75) is 51.0 Å². The average molecular weight is 461 g/mol. The number of urea groups is 1. The predicted molar refractivity (Wildman–Crippen MR) is 122 cm³/mol. The number of benzene rings is 1. The minimum atomic E-state index is -1.02. The number of nitrogens with one attached hydrogen (secondary N) is 2. The minimum Gasteiger partial charge on any atom is -0.461 e. The van der Waals surface area contributed by atoms with E-state index in [4.69, 9.17) is 18.9 Å². The number of esters is 2. The molecule has 0 spiro atoms. The van der Waals surface area contributed by atoms with Crippen LogP contribution in [-0.2, 0) is 35.1 Å². The third-order valence-electron chi connectivity index (χ3n) is 4.72. The van der Waals surface area contributed by atoms with E-state index in [-0.39, 0.29) is 32.3 Å². The highest BCUT2D eigenvalue weighted by molar-refractivity contribution is 5.92. The lowest BCUT2D eigenvalue weighted by molar-refractivity contribution is -0.168. The van der Waals surface area contributed by atoms with Gasteiger partial charge in [0.2, 0.25) is 0 Å². The van der Waals surface area contributed by atoms with Gasteiger partial charge in [0, 0.05) is 18.7 Å². The van der Waals surface area contributed by atoms with Crippen molar-refractivity contribution in [3.8, 4) is 0 Å². The first kappa shape index (κ1) is 26.1. The van der Waals surface area contributed by atoms with Gasteiger partial charge in [0.05, 0.1) is 6.61 Å². The molecule has 2 amide bonds. The number of carbonyl (C=O) groups excluding carboxylic acids is 3. The van der Waals surface area contributed by atoms with Crippen LogP contribution in [0.25, 0.3) is 0 Å². The third-order valence-corrected chi connectivity index (χ3v) is 4.72. The molecule has 1 aromatic carbocycles. The zero-order valence-corrected chi connectivity index (χ0v) is 18.8. The highest BCUT2D eigenvalue weighted by atomic mass is 16.7. The van der Waals surface area contributed by atoms with E-state index in [1.165, 1.54) is 12.2 Å². The highest BCUT2D eigenvalue weighted by Gasteiger charge is 2.23. The topological polar surface area (TPSA) is 112 Å². The van der Waals surface area contributed by atoms with E-state index < -0.39 is 24.0 Å². The van der Waals surface area contributed by atoms with Gasteiger partial charge in [-0.2, -0.15) is 0 Å². The SMILES string of the molecule is C=CCOC(=O)CC[C@H](NC(=O)Nc1ccc(COC2CCCCO2)cc1)C(=O)OCC=C. The van der Waals surface area contributed by atoms with Crippen LogP contribution in [0, 0.1) is 0 Å². The van der Waals surface area contributed by atoms with Crippen LogP contribution in [0.1, 0.15) is 37.7 Å². The van der Waals surface area contributed by atoms with Gasteiger partial charge in [0.25, 0.3) is 0 Å². The Bertz CT molecular complexity index is 789. The molecule has 0 radical (unpaired) electrons. The molecule has 0 bridgehead atoms. The third kappa shape index (κ3) is 10.3. The van der Waals surface area contributed by atoms with Crippen LogP contribution in [0.2, 0.25) is 0 Å². The summed E-state index contributed by atoms with van der Waals surface area (Å²) in [5, 5.41) is 5.21. The van der Waals surface area contributed by atoms with E-state index in [1.807, 2.05) is 12.1 Å². The van der Waals surface area contributed by atoms with Crippen LogP contribution < -0.4 is 10.6 Å². The molecule has 0 aromatic heterocycles. The maximum absolute atomic E-state index is 12.4. The van der Waals surface area contributed by atoms with Crippen LogP contribution in [0.3, 0.4) is 0 Å². The molecule has 33 heavy (non-hydrogen) atoms. The molecule has 1 unspecified atom stereocenters. The molecule has 2 atom stereocenters. The number of ether oxygens (including phenoxy) is 4. The molecule has 0 saturated carbocycles. The Morgan fingerprint density at radius 1 is 1.09 bits per heavy atom. The normalized spacial score (nSPS) is 16.2. The maximum Gasteiger partial charge on any atom is 0.329 e. The average Bonchev–Trinajstić information content (AvgIpc) is 2.83. The molecule has 9 nitrogen and oxygen atoms in total. The van der Waals surface area contributed by atoms with Crippen LogP contribution in [0.15, 0.2) is 49.6 Å². The van der Waals surface area contributed by atoms with E-state index in [2.05, 4.69) is 23.8 Å². The fourth-order valence-corrected chi connectivity index (χ4v) is 3.02. The van der Waals surface area contributed by atoms with Crippen molar-refractivity contribution in [2.24, 2.45) is 0 Å². The lowest BCUT2D eigenvalue weighted by Crippen LogP contribution is -2.44. The fraction of sp³-hybridized carbons (Fsp3) is 0.458. The first-order valence-corrected chi connectivity index (χ1v) is 11.0. The maximum atomic E-state index is 12.4. The zero-order chi connectivity index (χ0) is 23.9. The monoisotopic (exact) mass is 460 g/mol. The van der Waals surface area contributed by atoms with Gasteiger partial charge in [0.15, 0.2) is 6.29 Å². The standard InChI is InChI=1S/C24H32N2O7/c1-3-14-30-21(27)13-12-20(23(28)32-15-4-2)26-24(29)25-19-10-8-18(9-11-19)17-33-22-7-5-6-16-31-22/h3-4,8-11,20,22H,1-2,5-7,12-17H2,(H2,25,26,29)/t20-,22?/m0/s1. The summed E-state index contributed by atoms with van der Waals surface area (Å²) in [5.41, 5.74) is 1.48. The molecule has 1 aromatic rings. The molecule has 1 aliphatic rings. The molecular formula is C24H32N2O7. The Morgan fingerprint density at radius 2 is 1.82 bits per heavy atom. The summed E-state index contributed by atoms with van der Waals surface area (Å²) >= 11 is 0. The lowest BCUT2D eigenvalue weighted by atomic mass is 10.1. The molecule has 180 valence electrons. The van der Waals surface area contributed by atoms with Gasteiger partial charge in [-0.3, -0.25) is 4.79 Å². The first-order valence-electron chi connectivity index (χ1n) is 11.0. The second kappa shape index (κ2) is 14.8. The van der Waals surface area contributed by atoms with E-state index in [9.17, 15) is 14.4 Å². The Kier molecular flexibility index (Phi) is 11.7. The summed E-state index contributed by atoms with van der Waals surface area (Å²) in [7, 11) is 0. The second-order valence-corrected chi connectivity index (χ2v) is 7.38. The van der Waals surface area contributed by atoms with Gasteiger partial charge in [-0.05, 0) is 43.4 Å². The Balaban J connectivity index is 1.84. The molecule has 0 aliphatic carbocycles. The predicted octanol–water partition coefficient (Wildman–Crippen LogP) is 3.46. The number of hydrogen-bond acceptors (Lipinski definition) is 7. The van der Waals surface area contributed by atoms with Crippen LogP contribution >= 0.6 is 0 Å². The zero-order valence-electron chi connectivity index (χ0n) is 18.8. The lowest BCUT2D eigenvalue weighted by Gasteiger charge is -2.22. The van der Waals surface area contributed by atoms with Gasteiger partial charge < -0.3 is 29.6 Å². The number of carbonyl (C=O) groups is 3. The molecule has 1 saturated heterocycles. The fourth-order valence-electron chi connectivity index (χ4n) is 3.02. The van der Waals surface area contributed by atoms with E-state index >= 15 is 0 Å². The quantitative estimate of drug-likeness (QED) is 0.342. The highest BCUT2D eigenvalue weighted by Crippen LogP contribution is 2.17. The smallest absolute Gasteiger partial charge is 0.329 e. The van der Waals surface area contributed by atoms with Gasteiger partial charge in [-0.25, -0.2) is 9.59 Å². The van der Waals surface area contributed by atoms with Crippen molar-refractivity contribution < 1.29 is 33.3 Å². The van der Waals surface area contributed by atoms with Crippen LogP contribution in [0.4, 0.5) is 10.5 Å². The molecular weight excluding hydrogens is 428 g/mol. The van der Waals surface area contributed by atoms with Gasteiger partial charge in [-0.15, -0.1) is 0 Å². The van der Waals surface area contributed by atoms with Gasteiger partial charge in [-0.1, -0.05) is 37.4 Å². The van der Waals surface area contributed by atoms with Gasteiger partial charge >= 0.3 is 18.0 Å². The molecule has 1 heterocycles. The summed E-state index contributed by atoms with van der Waals surface area (Å²) in [6.07, 6.45) is 5.70. The summed E-state index contributed by atoms with van der Waals surface area (Å²) < 4.78 is 21.2. The van der Waals surface area contributed by atoms with Crippen molar-refractivity contribution in [2.75, 3.05) is 25.1 Å². The number of hydrogen-bond donors (Lipinski definition) is 2. The van der Waals surface area contributed by atoms with Crippen molar-refractivity contribution in [3.63, 3.8) is 0 Å². The number of rotatable bonds is 13. The van der Waals surface area contributed by atoms with Crippen LogP contribution in [-0.4, -0.2) is 50.1 Å². The summed E-state index contributed by atoms with van der Waals surface area (Å²) in [6.45, 7) is 8.16.